The minimum atomic E-state index is -3.62. The van der Waals surface area contributed by atoms with Gasteiger partial charge >= 0.3 is 5.97 Å². The number of nitrogens with zero attached hydrogens (tertiary/aromatic N) is 1. The molecule has 2 rings (SSSR count). The van der Waals surface area contributed by atoms with Crippen molar-refractivity contribution in [2.45, 2.75) is 31.6 Å². The molecule has 1 N–H and O–H groups in total. The molecule has 20 heavy (non-hydrogen) atoms. The second-order valence-electron chi connectivity index (χ2n) is 5.62. The van der Waals surface area contributed by atoms with Crippen LogP contribution >= 0.6 is 0 Å². The molecule has 1 unspecified atom stereocenters. The van der Waals surface area contributed by atoms with E-state index in [0.29, 0.717) is 19.4 Å². The summed E-state index contributed by atoms with van der Waals surface area (Å²) in [7, 11) is -3.62. The van der Waals surface area contributed by atoms with Crippen molar-refractivity contribution in [3.8, 4) is 0 Å². The van der Waals surface area contributed by atoms with Gasteiger partial charge in [0, 0.05) is 13.1 Å². The monoisotopic (exact) mass is 297 g/mol. The number of aliphatic carboxylic acids is 1. The summed E-state index contributed by atoms with van der Waals surface area (Å²) in [6.07, 6.45) is 1.07. The fourth-order valence-corrected chi connectivity index (χ4v) is 4.21. The van der Waals surface area contributed by atoms with Crippen LogP contribution in [0.15, 0.2) is 29.2 Å². The van der Waals surface area contributed by atoms with E-state index < -0.39 is 21.4 Å². The summed E-state index contributed by atoms with van der Waals surface area (Å²) < 4.78 is 26.5. The normalized spacial score (nSPS) is 24.5. The molecule has 1 aliphatic heterocycles. The Morgan fingerprint density at radius 2 is 2.10 bits per heavy atom. The quantitative estimate of drug-likeness (QED) is 0.924. The van der Waals surface area contributed by atoms with Crippen LogP contribution in [-0.4, -0.2) is 36.9 Å². The molecule has 1 saturated heterocycles. The fourth-order valence-electron chi connectivity index (χ4n) is 2.50. The average Bonchev–Trinajstić information content (AvgIpc) is 2.38. The molecule has 0 aliphatic carbocycles. The van der Waals surface area contributed by atoms with Crippen molar-refractivity contribution in [1.82, 2.24) is 4.31 Å². The van der Waals surface area contributed by atoms with Crippen molar-refractivity contribution < 1.29 is 18.3 Å². The maximum atomic E-state index is 12.6. The van der Waals surface area contributed by atoms with Crippen LogP contribution in [0, 0.1) is 12.3 Å². The van der Waals surface area contributed by atoms with Gasteiger partial charge in [-0.1, -0.05) is 12.1 Å². The summed E-state index contributed by atoms with van der Waals surface area (Å²) >= 11 is 0. The molecule has 6 heteroatoms. The summed E-state index contributed by atoms with van der Waals surface area (Å²) in [6, 6.07) is 6.69. The topological polar surface area (TPSA) is 74.7 Å². The predicted octanol–water partition coefficient (Wildman–Crippen LogP) is 1.87. The molecule has 0 amide bonds. The van der Waals surface area contributed by atoms with Crippen LogP contribution in [0.4, 0.5) is 0 Å². The molecule has 0 aromatic heterocycles. The van der Waals surface area contributed by atoms with E-state index in [0.717, 1.165) is 5.56 Å². The molecule has 1 aromatic carbocycles. The fraction of sp³-hybridized carbons (Fsp3) is 0.500. The summed E-state index contributed by atoms with van der Waals surface area (Å²) in [6.45, 7) is 3.83. The summed E-state index contributed by atoms with van der Waals surface area (Å²) in [5.41, 5.74) is -0.140. The Hall–Kier alpha value is -1.40. The zero-order valence-electron chi connectivity index (χ0n) is 11.7. The van der Waals surface area contributed by atoms with Crippen molar-refractivity contribution in [2.75, 3.05) is 13.1 Å². The second kappa shape index (κ2) is 5.18. The van der Waals surface area contributed by atoms with E-state index in [-0.39, 0.29) is 11.4 Å². The number of benzene rings is 1. The van der Waals surface area contributed by atoms with Crippen LogP contribution in [0.1, 0.15) is 25.3 Å². The Bertz CT molecular complexity index is 626. The molecule has 5 nitrogen and oxygen atoms in total. The Labute approximate surface area is 119 Å². The maximum absolute atomic E-state index is 12.6. The Balaban J connectivity index is 2.33. The molecule has 0 saturated carbocycles. The SMILES string of the molecule is Cc1cccc(S(=O)(=O)N2CCCC(C)(C(=O)O)C2)c1. The van der Waals surface area contributed by atoms with Crippen LogP contribution in [0.5, 0.6) is 0 Å². The number of rotatable bonds is 3. The highest BCUT2D eigenvalue weighted by Gasteiger charge is 2.41. The van der Waals surface area contributed by atoms with Crippen molar-refractivity contribution in [3.05, 3.63) is 29.8 Å². The molecule has 1 aromatic rings. The smallest absolute Gasteiger partial charge is 0.310 e. The number of hydrogen-bond acceptors (Lipinski definition) is 3. The highest BCUT2D eigenvalue weighted by Crippen LogP contribution is 2.32. The molecule has 110 valence electrons. The van der Waals surface area contributed by atoms with Gasteiger partial charge in [0.2, 0.25) is 10.0 Å². The van der Waals surface area contributed by atoms with Crippen LogP contribution in [0.3, 0.4) is 0 Å². The number of hydrogen-bond donors (Lipinski definition) is 1. The van der Waals surface area contributed by atoms with Gasteiger partial charge in [0.1, 0.15) is 0 Å². The largest absolute Gasteiger partial charge is 0.481 e. The third-order valence-corrected chi connectivity index (χ3v) is 5.65. The Morgan fingerprint density at radius 3 is 2.70 bits per heavy atom. The lowest BCUT2D eigenvalue weighted by atomic mass is 9.83. The lowest BCUT2D eigenvalue weighted by Crippen LogP contribution is -2.48. The van der Waals surface area contributed by atoms with E-state index >= 15 is 0 Å². The lowest BCUT2D eigenvalue weighted by molar-refractivity contribution is -0.150. The van der Waals surface area contributed by atoms with E-state index in [1.54, 1.807) is 25.1 Å². The summed E-state index contributed by atoms with van der Waals surface area (Å²) in [5, 5.41) is 9.27. The van der Waals surface area contributed by atoms with Gasteiger partial charge in [-0.3, -0.25) is 4.79 Å². The van der Waals surface area contributed by atoms with Crippen LogP contribution in [0.25, 0.3) is 0 Å². The number of aryl methyl sites for hydroxylation is 1. The Kier molecular flexibility index (Phi) is 3.88. The van der Waals surface area contributed by atoms with Gasteiger partial charge in [0.05, 0.1) is 10.3 Å². The molecule has 0 radical (unpaired) electrons. The first kappa shape index (κ1) is 15.0. The third-order valence-electron chi connectivity index (χ3n) is 3.81. The van der Waals surface area contributed by atoms with Gasteiger partial charge < -0.3 is 5.11 Å². The van der Waals surface area contributed by atoms with Crippen LogP contribution in [0.2, 0.25) is 0 Å². The van der Waals surface area contributed by atoms with Crippen LogP contribution < -0.4 is 0 Å². The molecular weight excluding hydrogens is 278 g/mol. The van der Waals surface area contributed by atoms with Crippen LogP contribution in [-0.2, 0) is 14.8 Å². The first-order valence-corrected chi connectivity index (χ1v) is 8.00. The zero-order valence-corrected chi connectivity index (χ0v) is 12.5. The summed E-state index contributed by atoms with van der Waals surface area (Å²) in [5.74, 6) is -0.943. The number of carboxylic acids is 1. The highest BCUT2D eigenvalue weighted by molar-refractivity contribution is 7.89. The van der Waals surface area contributed by atoms with Crippen molar-refractivity contribution in [1.29, 1.82) is 0 Å². The van der Waals surface area contributed by atoms with E-state index in [1.165, 1.54) is 4.31 Å². The molecule has 1 heterocycles. The van der Waals surface area contributed by atoms with Gasteiger partial charge in [0.25, 0.3) is 0 Å². The molecule has 1 aliphatic rings. The molecule has 1 fully saturated rings. The van der Waals surface area contributed by atoms with Crippen molar-refractivity contribution in [3.63, 3.8) is 0 Å². The first-order valence-electron chi connectivity index (χ1n) is 6.56. The Morgan fingerprint density at radius 1 is 1.40 bits per heavy atom. The second-order valence-corrected chi connectivity index (χ2v) is 7.56. The van der Waals surface area contributed by atoms with Gasteiger partial charge in [0.15, 0.2) is 0 Å². The summed E-state index contributed by atoms with van der Waals surface area (Å²) in [4.78, 5) is 11.5. The van der Waals surface area contributed by atoms with E-state index in [9.17, 15) is 18.3 Å². The third kappa shape index (κ3) is 2.71. The van der Waals surface area contributed by atoms with E-state index in [2.05, 4.69) is 0 Å². The molecule has 0 spiro atoms. The van der Waals surface area contributed by atoms with Gasteiger partial charge in [-0.2, -0.15) is 4.31 Å². The highest BCUT2D eigenvalue weighted by atomic mass is 32.2. The minimum Gasteiger partial charge on any atom is -0.481 e. The number of sulfonamides is 1. The van der Waals surface area contributed by atoms with E-state index in [1.807, 2.05) is 13.0 Å². The van der Waals surface area contributed by atoms with Gasteiger partial charge in [-0.05, 0) is 44.4 Å². The number of carbonyl (C=O) groups is 1. The van der Waals surface area contributed by atoms with Crippen molar-refractivity contribution in [2.24, 2.45) is 5.41 Å². The van der Waals surface area contributed by atoms with Gasteiger partial charge in [-0.15, -0.1) is 0 Å². The first-order chi connectivity index (χ1) is 9.25. The number of carboxylic acid groups (broad SMARTS) is 1. The van der Waals surface area contributed by atoms with Gasteiger partial charge in [-0.25, -0.2) is 8.42 Å². The molecular formula is C14H19NO4S. The lowest BCUT2D eigenvalue weighted by Gasteiger charge is -2.36. The zero-order chi connectivity index (χ0) is 15.0. The predicted molar refractivity (Wildman–Crippen MR) is 74.9 cm³/mol. The maximum Gasteiger partial charge on any atom is 0.310 e. The molecule has 0 bridgehead atoms. The van der Waals surface area contributed by atoms with Crippen molar-refractivity contribution >= 4 is 16.0 Å². The average molecular weight is 297 g/mol. The standard InChI is InChI=1S/C14H19NO4S/c1-11-5-3-6-12(9-11)20(18,19)15-8-4-7-14(2,10-15)13(16)17/h3,5-6,9H,4,7-8,10H2,1-2H3,(H,16,17). The molecule has 1 atom stereocenters. The number of piperidine rings is 1. The van der Waals surface area contributed by atoms with E-state index in [4.69, 9.17) is 0 Å². The minimum absolute atomic E-state index is 0.0264.